The molecular formula is C26H15ClFN7O2. The molecule has 2 amide bonds. The Kier molecular flexibility index (Phi) is 4.61. The van der Waals surface area contributed by atoms with E-state index < -0.39 is 17.6 Å². The molecule has 0 aliphatic carbocycles. The van der Waals surface area contributed by atoms with Gasteiger partial charge in [0.05, 0.1) is 40.5 Å². The number of aliphatic imine (C=N–C) groups is 1. The first-order valence-electron chi connectivity index (χ1n) is 11.4. The number of amides is 2. The molecule has 0 spiro atoms. The van der Waals surface area contributed by atoms with Crippen molar-refractivity contribution in [1.29, 1.82) is 0 Å². The van der Waals surface area contributed by atoms with Crippen LogP contribution in [0.25, 0.3) is 11.2 Å². The summed E-state index contributed by atoms with van der Waals surface area (Å²) in [6.45, 7) is 0. The minimum absolute atomic E-state index is 0.0421. The molecule has 0 bridgehead atoms. The van der Waals surface area contributed by atoms with Crippen LogP contribution in [0.2, 0.25) is 5.02 Å². The lowest BCUT2D eigenvalue weighted by Crippen LogP contribution is -2.25. The predicted molar refractivity (Wildman–Crippen MR) is 133 cm³/mol. The molecular weight excluding hydrogens is 497 g/mol. The van der Waals surface area contributed by atoms with Crippen LogP contribution in [0, 0.1) is 5.82 Å². The van der Waals surface area contributed by atoms with E-state index in [1.807, 2.05) is 4.90 Å². The second kappa shape index (κ2) is 7.90. The maximum atomic E-state index is 14.9. The highest BCUT2D eigenvalue weighted by atomic mass is 35.5. The molecule has 3 aliphatic heterocycles. The van der Waals surface area contributed by atoms with Gasteiger partial charge in [-0.1, -0.05) is 11.6 Å². The second-order valence-electron chi connectivity index (χ2n) is 8.72. The zero-order valence-electron chi connectivity index (χ0n) is 18.9. The van der Waals surface area contributed by atoms with Gasteiger partial charge in [0.1, 0.15) is 11.5 Å². The highest BCUT2D eigenvalue weighted by molar-refractivity contribution is 6.47. The quantitative estimate of drug-likeness (QED) is 0.423. The minimum Gasteiger partial charge on any atom is -0.335 e. The van der Waals surface area contributed by atoms with Gasteiger partial charge in [0, 0.05) is 54.1 Å². The molecule has 37 heavy (non-hydrogen) atoms. The number of imidazole rings is 1. The van der Waals surface area contributed by atoms with Gasteiger partial charge >= 0.3 is 0 Å². The predicted octanol–water partition coefficient (Wildman–Crippen LogP) is 3.40. The van der Waals surface area contributed by atoms with Gasteiger partial charge in [0.2, 0.25) is 0 Å². The van der Waals surface area contributed by atoms with Gasteiger partial charge in [-0.3, -0.25) is 24.3 Å². The number of carbonyl (C=O) groups is 2. The third-order valence-corrected chi connectivity index (χ3v) is 6.87. The molecule has 4 aromatic rings. The van der Waals surface area contributed by atoms with Crippen LogP contribution in [0.1, 0.15) is 28.7 Å². The van der Waals surface area contributed by atoms with Gasteiger partial charge in [-0.25, -0.2) is 19.3 Å². The lowest BCUT2D eigenvalue weighted by molar-refractivity contribution is -0.123. The molecule has 7 rings (SSSR count). The number of rotatable bonds is 3. The van der Waals surface area contributed by atoms with E-state index in [0.717, 1.165) is 5.56 Å². The lowest BCUT2D eigenvalue weighted by Gasteiger charge is -2.23. The molecule has 6 heterocycles. The smallest absolute Gasteiger partial charge is 0.261 e. The van der Waals surface area contributed by atoms with Crippen LogP contribution < -0.4 is 10.2 Å². The summed E-state index contributed by atoms with van der Waals surface area (Å²) in [6, 6.07) is 7.56. The molecule has 1 N–H and O–H groups in total. The molecule has 0 saturated carbocycles. The number of pyridine rings is 1. The Morgan fingerprint density at radius 1 is 1.05 bits per heavy atom. The monoisotopic (exact) mass is 511 g/mol. The van der Waals surface area contributed by atoms with E-state index in [1.54, 1.807) is 47.4 Å². The fraction of sp³-hybridized carbons (Fsp3) is 0.0769. The van der Waals surface area contributed by atoms with Crippen LogP contribution >= 0.6 is 11.6 Å². The summed E-state index contributed by atoms with van der Waals surface area (Å²) in [5, 5.41) is 2.85. The van der Waals surface area contributed by atoms with Crippen LogP contribution in [-0.4, -0.2) is 36.9 Å². The number of carbonyl (C=O) groups excluding carboxylic acids is 2. The molecule has 3 aliphatic rings. The number of halogens is 2. The van der Waals surface area contributed by atoms with Crippen LogP contribution in [0.3, 0.4) is 0 Å². The van der Waals surface area contributed by atoms with E-state index in [9.17, 15) is 14.0 Å². The highest BCUT2D eigenvalue weighted by Crippen LogP contribution is 2.45. The number of nitrogens with zero attached hydrogens (tertiary/aromatic N) is 6. The number of hydrogen-bond acceptors (Lipinski definition) is 7. The van der Waals surface area contributed by atoms with Crippen LogP contribution in [0.15, 0.2) is 78.1 Å². The summed E-state index contributed by atoms with van der Waals surface area (Å²) in [7, 11) is 0. The summed E-state index contributed by atoms with van der Waals surface area (Å²) >= 11 is 6.09. The molecule has 0 radical (unpaired) electrons. The van der Waals surface area contributed by atoms with Gasteiger partial charge in [-0.2, -0.15) is 0 Å². The van der Waals surface area contributed by atoms with Crippen molar-refractivity contribution in [2.24, 2.45) is 4.99 Å². The van der Waals surface area contributed by atoms with E-state index in [1.165, 1.54) is 24.5 Å². The molecule has 9 nitrogen and oxygen atoms in total. The number of nitrogens with one attached hydrogen (secondary N) is 1. The van der Waals surface area contributed by atoms with Gasteiger partial charge in [0.15, 0.2) is 5.82 Å². The summed E-state index contributed by atoms with van der Waals surface area (Å²) in [5.41, 5.74) is 3.03. The average molecular weight is 512 g/mol. The molecule has 3 aromatic heterocycles. The van der Waals surface area contributed by atoms with Crippen molar-refractivity contribution >= 4 is 46.0 Å². The number of hydrogen-bond donors (Lipinski definition) is 1. The van der Waals surface area contributed by atoms with Crippen molar-refractivity contribution in [3.63, 3.8) is 0 Å². The highest BCUT2D eigenvalue weighted by Gasteiger charge is 2.41. The van der Waals surface area contributed by atoms with Crippen LogP contribution in [-0.2, 0) is 16.0 Å². The van der Waals surface area contributed by atoms with Crippen molar-refractivity contribution in [3.8, 4) is 0 Å². The zero-order chi connectivity index (χ0) is 25.3. The van der Waals surface area contributed by atoms with E-state index in [2.05, 4.69) is 25.3 Å². The van der Waals surface area contributed by atoms with Crippen molar-refractivity contribution in [3.05, 3.63) is 107 Å². The molecule has 1 atom stereocenters. The summed E-state index contributed by atoms with van der Waals surface area (Å²) < 4.78 is 16.6. The topological polar surface area (TPSA) is 105 Å². The van der Waals surface area contributed by atoms with Crippen LogP contribution in [0.4, 0.5) is 10.1 Å². The fourth-order valence-electron chi connectivity index (χ4n) is 5.15. The Bertz CT molecular complexity index is 1760. The maximum absolute atomic E-state index is 14.9. The van der Waals surface area contributed by atoms with Gasteiger partial charge in [-0.15, -0.1) is 0 Å². The van der Waals surface area contributed by atoms with Crippen molar-refractivity contribution in [2.75, 3.05) is 4.90 Å². The Hall–Kier alpha value is -4.70. The first-order chi connectivity index (χ1) is 18.0. The normalized spacial score (nSPS) is 18.4. The standard InChI is InChI=1S/C26H15ClFN7O2/c27-14-2-6-34-18(12-32-19(34)10-14)20-21(26(37)33-25(20)36)22-16-11-15(28)8-13-9-17(24-30-3-1-4-31-24)35(23(13)16)7-5-29-22/h1-8,10-12,17H,9H2,(H,33,36,37). The van der Waals surface area contributed by atoms with Crippen molar-refractivity contribution < 1.29 is 14.0 Å². The van der Waals surface area contributed by atoms with E-state index >= 15 is 0 Å². The minimum atomic E-state index is -0.622. The van der Waals surface area contributed by atoms with Gasteiger partial charge < -0.3 is 4.90 Å². The number of fused-ring (bicyclic) bond motifs is 1. The number of anilines is 1. The summed E-state index contributed by atoms with van der Waals surface area (Å²) in [5.74, 6) is -1.11. The van der Waals surface area contributed by atoms with E-state index in [-0.39, 0.29) is 22.9 Å². The molecule has 180 valence electrons. The number of aromatic nitrogens is 4. The molecule has 1 unspecified atom stereocenters. The van der Waals surface area contributed by atoms with Gasteiger partial charge in [-0.05, 0) is 29.8 Å². The van der Waals surface area contributed by atoms with Gasteiger partial charge in [0.25, 0.3) is 11.8 Å². The Labute approximate surface area is 213 Å². The maximum Gasteiger partial charge on any atom is 0.261 e. The third-order valence-electron chi connectivity index (χ3n) is 6.63. The third kappa shape index (κ3) is 3.22. The Morgan fingerprint density at radius 3 is 2.70 bits per heavy atom. The Morgan fingerprint density at radius 2 is 1.86 bits per heavy atom. The Balaban J connectivity index is 1.44. The van der Waals surface area contributed by atoms with E-state index in [0.29, 0.717) is 39.9 Å². The first-order valence-corrected chi connectivity index (χ1v) is 11.7. The van der Waals surface area contributed by atoms with Crippen LogP contribution in [0.5, 0.6) is 0 Å². The fourth-order valence-corrected chi connectivity index (χ4v) is 5.30. The molecule has 11 heteroatoms. The molecule has 1 aromatic carbocycles. The SMILES string of the molecule is O=C1NC(=O)C(c2cnc3cc(Cl)ccn23)=C1C1=NC=CN2c3c(cc(F)cc31)CC2c1ncccn1. The second-order valence-corrected chi connectivity index (χ2v) is 9.16. The molecule has 0 fully saturated rings. The number of imide groups is 1. The zero-order valence-corrected chi connectivity index (χ0v) is 19.6. The van der Waals surface area contributed by atoms with Crippen molar-refractivity contribution in [2.45, 2.75) is 12.5 Å². The van der Waals surface area contributed by atoms with Crippen molar-refractivity contribution in [1.82, 2.24) is 24.7 Å². The van der Waals surface area contributed by atoms with E-state index in [4.69, 9.17) is 11.6 Å². The molecule has 0 saturated heterocycles. The largest absolute Gasteiger partial charge is 0.335 e. The average Bonchev–Trinajstić information content (AvgIpc) is 3.50. The number of benzene rings is 1. The summed E-state index contributed by atoms with van der Waals surface area (Å²) in [4.78, 5) is 45.8. The lowest BCUT2D eigenvalue weighted by atomic mass is 9.94. The first kappa shape index (κ1) is 21.6. The summed E-state index contributed by atoms with van der Waals surface area (Å²) in [6.07, 6.45) is 10.2.